The van der Waals surface area contributed by atoms with E-state index in [1.165, 1.54) is 51.7 Å². The van der Waals surface area contributed by atoms with Crippen LogP contribution < -0.4 is 10.2 Å². The zero-order valence-corrected chi connectivity index (χ0v) is 13.4. The number of amides is 1. The third kappa shape index (κ3) is 5.08. The fourth-order valence-corrected chi connectivity index (χ4v) is 3.74. The number of quaternary nitrogens is 1. The molecule has 1 saturated carbocycles. The van der Waals surface area contributed by atoms with Crippen LogP contribution >= 0.6 is 0 Å². The van der Waals surface area contributed by atoms with Crippen LogP contribution in [0.1, 0.15) is 58.8 Å². The van der Waals surface area contributed by atoms with E-state index in [1.807, 2.05) is 0 Å². The Morgan fingerprint density at radius 3 is 2.35 bits per heavy atom. The standard InChI is InChI=1S/C17H32N2O/c1-14(2)12-18-17(20)16-8-10-19(11-9-16)13-15-6-4-3-5-7-15/h14-16H,3-13H2,1-2H3,(H,18,20)/p+1. The van der Waals surface area contributed by atoms with Crippen molar-refractivity contribution >= 4 is 5.91 Å². The van der Waals surface area contributed by atoms with Gasteiger partial charge in [-0.2, -0.15) is 0 Å². The van der Waals surface area contributed by atoms with E-state index in [2.05, 4.69) is 19.2 Å². The maximum Gasteiger partial charge on any atom is 0.223 e. The number of piperidine rings is 1. The number of likely N-dealkylation sites (tertiary alicyclic amines) is 1. The average Bonchev–Trinajstić information content (AvgIpc) is 2.46. The van der Waals surface area contributed by atoms with Gasteiger partial charge in [0.05, 0.1) is 19.6 Å². The predicted octanol–water partition coefficient (Wildman–Crippen LogP) is 1.63. The summed E-state index contributed by atoms with van der Waals surface area (Å²) in [6.45, 7) is 8.90. The molecule has 1 aliphatic heterocycles. The molecule has 0 unspecified atom stereocenters. The summed E-state index contributed by atoms with van der Waals surface area (Å²) in [6.07, 6.45) is 9.40. The largest absolute Gasteiger partial charge is 0.356 e. The van der Waals surface area contributed by atoms with E-state index in [0.29, 0.717) is 11.8 Å². The Balaban J connectivity index is 1.65. The van der Waals surface area contributed by atoms with Gasteiger partial charge in [-0.1, -0.05) is 33.1 Å². The zero-order valence-electron chi connectivity index (χ0n) is 13.4. The zero-order chi connectivity index (χ0) is 14.4. The van der Waals surface area contributed by atoms with E-state index in [1.54, 1.807) is 4.90 Å². The summed E-state index contributed by atoms with van der Waals surface area (Å²) in [5, 5.41) is 3.10. The summed E-state index contributed by atoms with van der Waals surface area (Å²) in [4.78, 5) is 13.8. The smallest absolute Gasteiger partial charge is 0.223 e. The van der Waals surface area contributed by atoms with Crippen LogP contribution in [-0.2, 0) is 4.79 Å². The molecule has 0 aromatic carbocycles. The van der Waals surface area contributed by atoms with Gasteiger partial charge in [-0.3, -0.25) is 4.79 Å². The molecule has 3 heteroatoms. The highest BCUT2D eigenvalue weighted by molar-refractivity contribution is 5.78. The number of hydrogen-bond donors (Lipinski definition) is 2. The van der Waals surface area contributed by atoms with Gasteiger partial charge in [0.2, 0.25) is 5.91 Å². The quantitative estimate of drug-likeness (QED) is 0.789. The van der Waals surface area contributed by atoms with E-state index in [0.717, 1.165) is 25.3 Å². The summed E-state index contributed by atoms with van der Waals surface area (Å²) in [5.41, 5.74) is 0. The highest BCUT2D eigenvalue weighted by Gasteiger charge is 2.29. The molecule has 2 aliphatic rings. The minimum absolute atomic E-state index is 0.281. The van der Waals surface area contributed by atoms with Crippen molar-refractivity contribution < 1.29 is 9.69 Å². The molecule has 0 radical (unpaired) electrons. The molecule has 1 aliphatic carbocycles. The molecule has 0 aromatic rings. The third-order valence-electron chi connectivity index (χ3n) is 5.05. The van der Waals surface area contributed by atoms with Crippen LogP contribution in [0.3, 0.4) is 0 Å². The molecule has 0 bridgehead atoms. The molecule has 2 N–H and O–H groups in total. The Kier molecular flexibility index (Phi) is 6.34. The van der Waals surface area contributed by atoms with Crippen LogP contribution in [-0.4, -0.2) is 32.1 Å². The summed E-state index contributed by atoms with van der Waals surface area (Å²) >= 11 is 0. The lowest BCUT2D eigenvalue weighted by Gasteiger charge is -2.32. The van der Waals surface area contributed by atoms with Crippen molar-refractivity contribution in [3.05, 3.63) is 0 Å². The molecule has 1 saturated heterocycles. The van der Waals surface area contributed by atoms with E-state index >= 15 is 0 Å². The topological polar surface area (TPSA) is 33.5 Å². The van der Waals surface area contributed by atoms with Gasteiger partial charge in [-0.25, -0.2) is 0 Å². The Bertz CT molecular complexity index is 289. The van der Waals surface area contributed by atoms with E-state index in [4.69, 9.17) is 0 Å². The van der Waals surface area contributed by atoms with Gasteiger partial charge >= 0.3 is 0 Å². The van der Waals surface area contributed by atoms with E-state index < -0.39 is 0 Å². The first-order valence-electron chi connectivity index (χ1n) is 8.76. The van der Waals surface area contributed by atoms with Gasteiger partial charge in [0.1, 0.15) is 0 Å². The lowest BCUT2D eigenvalue weighted by atomic mass is 9.88. The molecular weight excluding hydrogens is 248 g/mol. The summed E-state index contributed by atoms with van der Waals surface area (Å²) in [5.74, 6) is 2.10. The molecule has 0 atom stereocenters. The van der Waals surface area contributed by atoms with Gasteiger partial charge in [-0.05, 0) is 18.8 Å². The Hall–Kier alpha value is -0.570. The molecule has 116 valence electrons. The second-order valence-corrected chi connectivity index (χ2v) is 7.37. The van der Waals surface area contributed by atoms with Crippen molar-refractivity contribution in [3.8, 4) is 0 Å². The molecule has 2 rings (SSSR count). The Morgan fingerprint density at radius 2 is 1.75 bits per heavy atom. The third-order valence-corrected chi connectivity index (χ3v) is 5.05. The fraction of sp³-hybridized carbons (Fsp3) is 0.941. The normalized spacial score (nSPS) is 28.6. The Morgan fingerprint density at radius 1 is 1.10 bits per heavy atom. The van der Waals surface area contributed by atoms with Gasteiger partial charge in [-0.15, -0.1) is 0 Å². The van der Waals surface area contributed by atoms with Crippen molar-refractivity contribution in [1.82, 2.24) is 5.32 Å². The molecule has 2 fully saturated rings. The molecule has 20 heavy (non-hydrogen) atoms. The van der Waals surface area contributed by atoms with Crippen LogP contribution in [0.5, 0.6) is 0 Å². The second kappa shape index (κ2) is 8.02. The van der Waals surface area contributed by atoms with Crippen LogP contribution in [0.4, 0.5) is 0 Å². The number of carbonyl (C=O) groups is 1. The van der Waals surface area contributed by atoms with Crippen molar-refractivity contribution in [2.24, 2.45) is 17.8 Å². The lowest BCUT2D eigenvalue weighted by Crippen LogP contribution is -3.13. The van der Waals surface area contributed by atoms with Crippen molar-refractivity contribution in [1.29, 1.82) is 0 Å². The molecule has 0 spiro atoms. The fourth-order valence-electron chi connectivity index (χ4n) is 3.74. The summed E-state index contributed by atoms with van der Waals surface area (Å²) < 4.78 is 0. The number of carbonyl (C=O) groups excluding carboxylic acids is 1. The van der Waals surface area contributed by atoms with Gasteiger partial charge in [0.25, 0.3) is 0 Å². The number of nitrogens with one attached hydrogen (secondary N) is 2. The maximum atomic E-state index is 12.1. The summed E-state index contributed by atoms with van der Waals surface area (Å²) in [6, 6.07) is 0. The lowest BCUT2D eigenvalue weighted by molar-refractivity contribution is -0.909. The molecule has 0 aromatic heterocycles. The van der Waals surface area contributed by atoms with Crippen LogP contribution in [0, 0.1) is 17.8 Å². The maximum absolute atomic E-state index is 12.1. The Labute approximate surface area is 124 Å². The number of hydrogen-bond acceptors (Lipinski definition) is 1. The molecule has 1 amide bonds. The molecule has 1 heterocycles. The van der Waals surface area contributed by atoms with E-state index in [9.17, 15) is 4.79 Å². The highest BCUT2D eigenvalue weighted by Crippen LogP contribution is 2.22. The van der Waals surface area contributed by atoms with Gasteiger partial charge in [0.15, 0.2) is 0 Å². The first kappa shape index (κ1) is 15.8. The monoisotopic (exact) mass is 281 g/mol. The predicted molar refractivity (Wildman–Crippen MR) is 82.7 cm³/mol. The minimum atomic E-state index is 0.281. The number of rotatable bonds is 5. The second-order valence-electron chi connectivity index (χ2n) is 7.37. The first-order chi connectivity index (χ1) is 9.65. The van der Waals surface area contributed by atoms with Crippen molar-refractivity contribution in [2.45, 2.75) is 58.8 Å². The SMILES string of the molecule is CC(C)CNC(=O)C1CC[NH+](CC2CCCCC2)CC1. The summed E-state index contributed by atoms with van der Waals surface area (Å²) in [7, 11) is 0. The molecular formula is C17H33N2O+. The van der Waals surface area contributed by atoms with Crippen molar-refractivity contribution in [2.75, 3.05) is 26.2 Å². The van der Waals surface area contributed by atoms with Gasteiger partial charge in [0, 0.05) is 31.2 Å². The minimum Gasteiger partial charge on any atom is -0.356 e. The van der Waals surface area contributed by atoms with Gasteiger partial charge < -0.3 is 10.2 Å². The average molecular weight is 281 g/mol. The van der Waals surface area contributed by atoms with E-state index in [-0.39, 0.29) is 5.92 Å². The highest BCUT2D eigenvalue weighted by atomic mass is 16.1. The van der Waals surface area contributed by atoms with Crippen LogP contribution in [0.15, 0.2) is 0 Å². The van der Waals surface area contributed by atoms with Crippen LogP contribution in [0.2, 0.25) is 0 Å². The van der Waals surface area contributed by atoms with Crippen molar-refractivity contribution in [3.63, 3.8) is 0 Å². The van der Waals surface area contributed by atoms with Crippen LogP contribution in [0.25, 0.3) is 0 Å². The molecule has 3 nitrogen and oxygen atoms in total. The first-order valence-corrected chi connectivity index (χ1v) is 8.76.